The fourth-order valence-electron chi connectivity index (χ4n) is 1.83. The van der Waals surface area contributed by atoms with Gasteiger partial charge in [0, 0.05) is 13.2 Å². The van der Waals surface area contributed by atoms with Gasteiger partial charge in [0.2, 0.25) is 0 Å². The summed E-state index contributed by atoms with van der Waals surface area (Å²) in [4.78, 5) is 12.0. The number of rotatable bonds is 12. The molecule has 0 aromatic heterocycles. The third-order valence-corrected chi connectivity index (χ3v) is 3.10. The van der Waals surface area contributed by atoms with Gasteiger partial charge < -0.3 is 14.8 Å². The lowest BCUT2D eigenvalue weighted by Crippen LogP contribution is -2.50. The molecule has 0 aromatic carbocycles. The molecule has 0 saturated heterocycles. The molecule has 1 N–H and O–H groups in total. The van der Waals surface area contributed by atoms with E-state index in [0.29, 0.717) is 13.2 Å². The summed E-state index contributed by atoms with van der Waals surface area (Å²) in [5, 5.41) is 3.30. The second-order valence-electron chi connectivity index (χ2n) is 5.05. The van der Waals surface area contributed by atoms with Crippen LogP contribution in [0.5, 0.6) is 0 Å². The number of esters is 1. The van der Waals surface area contributed by atoms with Crippen LogP contribution in [-0.2, 0) is 14.3 Å². The molecule has 0 spiro atoms. The van der Waals surface area contributed by atoms with Crippen molar-refractivity contribution in [3.8, 4) is 0 Å². The maximum atomic E-state index is 12.0. The first-order valence-electron chi connectivity index (χ1n) is 7.60. The minimum absolute atomic E-state index is 0.156. The van der Waals surface area contributed by atoms with E-state index in [1.165, 1.54) is 0 Å². The van der Waals surface area contributed by atoms with Crippen molar-refractivity contribution in [2.75, 3.05) is 26.4 Å². The normalized spacial score (nSPS) is 14.1. The zero-order valence-electron chi connectivity index (χ0n) is 13.1. The molecular weight excluding hydrogens is 242 g/mol. The molecule has 0 bridgehead atoms. The summed E-state index contributed by atoms with van der Waals surface area (Å²) >= 11 is 0. The Bertz CT molecular complexity index is 233. The van der Waals surface area contributed by atoms with Crippen molar-refractivity contribution < 1.29 is 14.3 Å². The van der Waals surface area contributed by atoms with E-state index in [9.17, 15) is 4.79 Å². The average molecular weight is 273 g/mol. The van der Waals surface area contributed by atoms with E-state index in [2.05, 4.69) is 19.2 Å². The number of ether oxygens (including phenoxy) is 2. The molecule has 1 atom stereocenters. The molecule has 0 radical (unpaired) electrons. The van der Waals surface area contributed by atoms with Gasteiger partial charge in [-0.3, -0.25) is 4.79 Å². The van der Waals surface area contributed by atoms with E-state index in [-0.39, 0.29) is 5.97 Å². The summed E-state index contributed by atoms with van der Waals surface area (Å²) in [6.45, 7) is 10.8. The van der Waals surface area contributed by atoms with E-state index in [0.717, 1.165) is 45.3 Å². The predicted molar refractivity (Wildman–Crippen MR) is 78.3 cm³/mol. The quantitative estimate of drug-likeness (QED) is 0.439. The number of hydrogen-bond donors (Lipinski definition) is 1. The molecule has 4 nitrogen and oxygen atoms in total. The molecule has 0 aliphatic heterocycles. The van der Waals surface area contributed by atoms with Crippen molar-refractivity contribution in [1.82, 2.24) is 5.32 Å². The molecular formula is C15H31NO3. The second kappa shape index (κ2) is 11.2. The van der Waals surface area contributed by atoms with Gasteiger partial charge in [0.05, 0.1) is 6.61 Å². The Labute approximate surface area is 118 Å². The minimum Gasteiger partial charge on any atom is -0.465 e. The Morgan fingerprint density at radius 2 is 1.79 bits per heavy atom. The largest absolute Gasteiger partial charge is 0.465 e. The third-order valence-electron chi connectivity index (χ3n) is 3.10. The van der Waals surface area contributed by atoms with E-state index in [1.54, 1.807) is 0 Å². The second-order valence-corrected chi connectivity index (χ2v) is 5.05. The number of carbonyl (C=O) groups is 1. The van der Waals surface area contributed by atoms with Crippen LogP contribution >= 0.6 is 0 Å². The van der Waals surface area contributed by atoms with Crippen LogP contribution in [0.2, 0.25) is 0 Å². The molecule has 0 heterocycles. The Balaban J connectivity index is 4.08. The van der Waals surface area contributed by atoms with Gasteiger partial charge in [-0.1, -0.05) is 20.3 Å². The van der Waals surface area contributed by atoms with Gasteiger partial charge in [0.25, 0.3) is 0 Å². The highest BCUT2D eigenvalue weighted by molar-refractivity contribution is 5.80. The number of unbranched alkanes of at least 4 members (excludes halogenated alkanes) is 1. The summed E-state index contributed by atoms with van der Waals surface area (Å²) in [6, 6.07) is 0. The van der Waals surface area contributed by atoms with Crippen LogP contribution in [0, 0.1) is 0 Å². The van der Waals surface area contributed by atoms with Crippen LogP contribution in [0.3, 0.4) is 0 Å². The van der Waals surface area contributed by atoms with Gasteiger partial charge in [-0.15, -0.1) is 0 Å². The van der Waals surface area contributed by atoms with Crippen molar-refractivity contribution in [3.63, 3.8) is 0 Å². The fourth-order valence-corrected chi connectivity index (χ4v) is 1.83. The standard InChI is InChI=1S/C15H31NO3/c1-5-8-12-18-13-9-10-15(4,16-11-6-2)14(17)19-7-3/h16H,5-13H2,1-4H3. The average Bonchev–Trinajstić information content (AvgIpc) is 2.40. The Kier molecular flexibility index (Phi) is 10.9. The van der Waals surface area contributed by atoms with Gasteiger partial charge >= 0.3 is 5.97 Å². The van der Waals surface area contributed by atoms with E-state index < -0.39 is 5.54 Å². The maximum Gasteiger partial charge on any atom is 0.326 e. The lowest BCUT2D eigenvalue weighted by atomic mass is 9.95. The number of nitrogens with one attached hydrogen (secondary N) is 1. The Morgan fingerprint density at radius 1 is 1.11 bits per heavy atom. The molecule has 114 valence electrons. The highest BCUT2D eigenvalue weighted by Gasteiger charge is 2.33. The predicted octanol–water partition coefficient (Wildman–Crippen LogP) is 2.90. The van der Waals surface area contributed by atoms with Crippen molar-refractivity contribution in [3.05, 3.63) is 0 Å². The minimum atomic E-state index is -0.583. The lowest BCUT2D eigenvalue weighted by Gasteiger charge is -2.28. The van der Waals surface area contributed by atoms with Crippen molar-refractivity contribution in [2.24, 2.45) is 0 Å². The van der Waals surface area contributed by atoms with Crippen LogP contribution in [0.1, 0.15) is 59.8 Å². The van der Waals surface area contributed by atoms with E-state index in [4.69, 9.17) is 9.47 Å². The summed E-state index contributed by atoms with van der Waals surface area (Å²) in [5.41, 5.74) is -0.583. The summed E-state index contributed by atoms with van der Waals surface area (Å²) in [6.07, 6.45) is 4.87. The first-order valence-corrected chi connectivity index (χ1v) is 7.60. The van der Waals surface area contributed by atoms with Crippen LogP contribution in [0.4, 0.5) is 0 Å². The molecule has 1 unspecified atom stereocenters. The summed E-state index contributed by atoms with van der Waals surface area (Å²) in [5.74, 6) is -0.156. The first-order chi connectivity index (χ1) is 9.10. The molecule has 4 heteroatoms. The van der Waals surface area contributed by atoms with Gasteiger partial charge in [0.15, 0.2) is 0 Å². The monoisotopic (exact) mass is 273 g/mol. The van der Waals surface area contributed by atoms with Crippen LogP contribution in [0.15, 0.2) is 0 Å². The summed E-state index contributed by atoms with van der Waals surface area (Å²) in [7, 11) is 0. The summed E-state index contributed by atoms with van der Waals surface area (Å²) < 4.78 is 10.7. The van der Waals surface area contributed by atoms with Crippen molar-refractivity contribution in [1.29, 1.82) is 0 Å². The molecule has 0 aromatic rings. The van der Waals surface area contributed by atoms with Gasteiger partial charge in [-0.05, 0) is 46.1 Å². The Morgan fingerprint density at radius 3 is 2.37 bits per heavy atom. The molecule has 0 aliphatic rings. The third kappa shape index (κ3) is 8.22. The molecule has 0 fully saturated rings. The van der Waals surface area contributed by atoms with Crippen molar-refractivity contribution >= 4 is 5.97 Å². The number of hydrogen-bond acceptors (Lipinski definition) is 4. The van der Waals surface area contributed by atoms with Crippen LogP contribution < -0.4 is 5.32 Å². The first kappa shape index (κ1) is 18.4. The van der Waals surface area contributed by atoms with Gasteiger partial charge in [-0.2, -0.15) is 0 Å². The van der Waals surface area contributed by atoms with Gasteiger partial charge in [-0.25, -0.2) is 0 Å². The SMILES string of the molecule is CCCCOCCCC(C)(NCCC)C(=O)OCC. The van der Waals surface area contributed by atoms with Crippen LogP contribution in [-0.4, -0.2) is 37.9 Å². The molecule has 0 aliphatic carbocycles. The van der Waals surface area contributed by atoms with Crippen molar-refractivity contribution in [2.45, 2.75) is 65.3 Å². The molecule has 19 heavy (non-hydrogen) atoms. The highest BCUT2D eigenvalue weighted by atomic mass is 16.5. The van der Waals surface area contributed by atoms with E-state index >= 15 is 0 Å². The fraction of sp³-hybridized carbons (Fsp3) is 0.933. The highest BCUT2D eigenvalue weighted by Crippen LogP contribution is 2.15. The molecule has 0 amide bonds. The molecule has 0 saturated carbocycles. The van der Waals surface area contributed by atoms with Gasteiger partial charge in [0.1, 0.15) is 5.54 Å². The van der Waals surface area contributed by atoms with E-state index in [1.807, 2.05) is 13.8 Å². The lowest BCUT2D eigenvalue weighted by molar-refractivity contribution is -0.151. The molecule has 0 rings (SSSR count). The van der Waals surface area contributed by atoms with Crippen LogP contribution in [0.25, 0.3) is 0 Å². The number of carbonyl (C=O) groups excluding carboxylic acids is 1. The zero-order valence-corrected chi connectivity index (χ0v) is 13.1. The smallest absolute Gasteiger partial charge is 0.326 e. The Hall–Kier alpha value is -0.610. The zero-order chi connectivity index (χ0) is 14.6. The maximum absolute atomic E-state index is 12.0. The topological polar surface area (TPSA) is 47.6 Å².